The highest BCUT2D eigenvalue weighted by atomic mass is 79.9. The second-order valence-corrected chi connectivity index (χ2v) is 4.58. The molecule has 0 aliphatic heterocycles. The molecule has 0 bridgehead atoms. The van der Waals surface area contributed by atoms with Gasteiger partial charge in [-0.15, -0.1) is 0 Å². The first-order valence-electron chi connectivity index (χ1n) is 5.06. The molecule has 84 valence electrons. The lowest BCUT2D eigenvalue weighted by atomic mass is 10.1. The molecular weight excluding hydrogens is 282 g/mol. The normalized spacial score (nSPS) is 10.9. The second kappa shape index (κ2) is 3.85. The molecule has 0 saturated carbocycles. The van der Waals surface area contributed by atoms with Crippen LogP contribution in [0.15, 0.2) is 46.1 Å². The molecule has 2 heterocycles. The van der Waals surface area contributed by atoms with Gasteiger partial charge in [-0.05, 0) is 17.7 Å². The maximum absolute atomic E-state index is 11.8. The highest BCUT2D eigenvalue weighted by Gasteiger charge is 2.09. The number of H-pyrrole nitrogens is 2. The van der Waals surface area contributed by atoms with Crippen molar-refractivity contribution in [3.63, 3.8) is 0 Å². The van der Waals surface area contributed by atoms with E-state index in [-0.39, 0.29) is 5.56 Å². The summed E-state index contributed by atoms with van der Waals surface area (Å²) in [5.74, 6) is 0. The van der Waals surface area contributed by atoms with Gasteiger partial charge in [0.05, 0.1) is 11.7 Å². The lowest BCUT2D eigenvalue weighted by molar-refractivity contribution is 1.16. The summed E-state index contributed by atoms with van der Waals surface area (Å²) in [5.41, 5.74) is 2.32. The van der Waals surface area contributed by atoms with Crippen LogP contribution in [0.5, 0.6) is 0 Å². The van der Waals surface area contributed by atoms with E-state index < -0.39 is 0 Å². The van der Waals surface area contributed by atoms with Crippen LogP contribution < -0.4 is 5.56 Å². The fourth-order valence-electron chi connectivity index (χ4n) is 1.83. The van der Waals surface area contributed by atoms with Gasteiger partial charge in [-0.2, -0.15) is 0 Å². The Labute approximate surface area is 105 Å². The molecule has 3 aromatic rings. The third kappa shape index (κ3) is 1.68. The van der Waals surface area contributed by atoms with Crippen molar-refractivity contribution in [3.05, 3.63) is 51.6 Å². The molecule has 2 N–H and O–H groups in total. The molecule has 0 spiro atoms. The molecule has 2 aromatic heterocycles. The van der Waals surface area contributed by atoms with Gasteiger partial charge < -0.3 is 9.97 Å². The van der Waals surface area contributed by atoms with Gasteiger partial charge in [0.15, 0.2) is 0 Å². The maximum atomic E-state index is 11.8. The summed E-state index contributed by atoms with van der Waals surface area (Å²) >= 11 is 3.38. The van der Waals surface area contributed by atoms with E-state index >= 15 is 0 Å². The molecule has 3 rings (SSSR count). The summed E-state index contributed by atoms with van der Waals surface area (Å²) in [6.45, 7) is 0. The smallest absolute Gasteiger partial charge is 0.260 e. The third-order valence-electron chi connectivity index (χ3n) is 2.63. The number of aromatic amines is 2. The summed E-state index contributed by atoms with van der Waals surface area (Å²) in [6, 6.07) is 7.80. The Balaban J connectivity index is 2.31. The highest BCUT2D eigenvalue weighted by molar-refractivity contribution is 9.10. The van der Waals surface area contributed by atoms with Crippen molar-refractivity contribution in [1.29, 1.82) is 0 Å². The van der Waals surface area contributed by atoms with Crippen LogP contribution in [0.3, 0.4) is 0 Å². The first-order chi connectivity index (χ1) is 8.25. The monoisotopic (exact) mass is 289 g/mol. The van der Waals surface area contributed by atoms with Gasteiger partial charge in [-0.25, -0.2) is 4.98 Å². The maximum Gasteiger partial charge on any atom is 0.260 e. The van der Waals surface area contributed by atoms with Gasteiger partial charge in [-0.1, -0.05) is 28.1 Å². The number of halogens is 1. The van der Waals surface area contributed by atoms with Gasteiger partial charge >= 0.3 is 0 Å². The van der Waals surface area contributed by atoms with Gasteiger partial charge in [0.1, 0.15) is 5.65 Å². The Bertz CT molecular complexity index is 727. The molecule has 0 fully saturated rings. The fraction of sp³-hybridized carbons (Fsp3) is 0. The summed E-state index contributed by atoms with van der Waals surface area (Å²) in [4.78, 5) is 21.4. The van der Waals surface area contributed by atoms with Gasteiger partial charge in [0, 0.05) is 16.2 Å². The van der Waals surface area contributed by atoms with E-state index in [2.05, 4.69) is 30.9 Å². The van der Waals surface area contributed by atoms with E-state index in [9.17, 15) is 4.79 Å². The SMILES string of the molecule is O=c1[nH]cnc2[nH]cc(-c3ccc(Br)cc3)c12. The number of hydrogen-bond donors (Lipinski definition) is 2. The van der Waals surface area contributed by atoms with E-state index in [1.54, 1.807) is 6.20 Å². The molecule has 1 aromatic carbocycles. The molecular formula is C12H8BrN3O. The van der Waals surface area contributed by atoms with Crippen LogP contribution in [0.2, 0.25) is 0 Å². The molecule has 0 atom stereocenters. The molecule has 0 aliphatic carbocycles. The number of hydrogen-bond acceptors (Lipinski definition) is 2. The van der Waals surface area contributed by atoms with Crippen molar-refractivity contribution in [2.24, 2.45) is 0 Å². The predicted octanol–water partition coefficient (Wildman–Crippen LogP) is 2.68. The van der Waals surface area contributed by atoms with Crippen molar-refractivity contribution < 1.29 is 0 Å². The average molecular weight is 290 g/mol. The van der Waals surface area contributed by atoms with E-state index in [0.29, 0.717) is 11.0 Å². The van der Waals surface area contributed by atoms with Gasteiger partial charge in [0.25, 0.3) is 5.56 Å². The number of nitrogens with one attached hydrogen (secondary N) is 2. The Morgan fingerprint density at radius 3 is 2.65 bits per heavy atom. The predicted molar refractivity (Wildman–Crippen MR) is 69.9 cm³/mol. The number of benzene rings is 1. The zero-order valence-corrected chi connectivity index (χ0v) is 10.3. The van der Waals surface area contributed by atoms with Crippen LogP contribution in [0.4, 0.5) is 0 Å². The van der Waals surface area contributed by atoms with Crippen molar-refractivity contribution in [1.82, 2.24) is 15.0 Å². The quantitative estimate of drug-likeness (QED) is 0.723. The Morgan fingerprint density at radius 2 is 1.88 bits per heavy atom. The topological polar surface area (TPSA) is 61.5 Å². The van der Waals surface area contributed by atoms with Crippen molar-refractivity contribution >= 4 is 27.0 Å². The second-order valence-electron chi connectivity index (χ2n) is 3.66. The van der Waals surface area contributed by atoms with Crippen LogP contribution in [0.1, 0.15) is 0 Å². The Kier molecular flexibility index (Phi) is 2.33. The molecule has 17 heavy (non-hydrogen) atoms. The summed E-state index contributed by atoms with van der Waals surface area (Å²) in [7, 11) is 0. The van der Waals surface area contributed by atoms with Gasteiger partial charge in [0.2, 0.25) is 0 Å². The molecule has 4 nitrogen and oxygen atoms in total. The highest BCUT2D eigenvalue weighted by Crippen LogP contribution is 2.26. The lowest BCUT2D eigenvalue weighted by Gasteiger charge is -1.98. The lowest BCUT2D eigenvalue weighted by Crippen LogP contribution is -2.05. The van der Waals surface area contributed by atoms with Crippen LogP contribution in [0.25, 0.3) is 22.2 Å². The molecule has 0 aliphatic rings. The Hall–Kier alpha value is -1.88. The average Bonchev–Trinajstić information content (AvgIpc) is 2.75. The van der Waals surface area contributed by atoms with E-state index in [0.717, 1.165) is 15.6 Å². The zero-order valence-electron chi connectivity index (χ0n) is 8.70. The zero-order chi connectivity index (χ0) is 11.8. The van der Waals surface area contributed by atoms with Crippen molar-refractivity contribution in [3.8, 4) is 11.1 Å². The molecule has 0 saturated heterocycles. The van der Waals surface area contributed by atoms with E-state index in [1.807, 2.05) is 24.3 Å². The molecule has 5 heteroatoms. The van der Waals surface area contributed by atoms with Crippen LogP contribution in [-0.2, 0) is 0 Å². The minimum atomic E-state index is -0.130. The van der Waals surface area contributed by atoms with Crippen molar-refractivity contribution in [2.75, 3.05) is 0 Å². The van der Waals surface area contributed by atoms with Crippen LogP contribution in [-0.4, -0.2) is 15.0 Å². The number of rotatable bonds is 1. The third-order valence-corrected chi connectivity index (χ3v) is 3.16. The number of fused-ring (bicyclic) bond motifs is 1. The summed E-state index contributed by atoms with van der Waals surface area (Å²) in [5, 5.41) is 0.592. The minimum Gasteiger partial charge on any atom is -0.345 e. The first kappa shape index (κ1) is 10.3. The van der Waals surface area contributed by atoms with Gasteiger partial charge in [-0.3, -0.25) is 4.79 Å². The van der Waals surface area contributed by atoms with E-state index in [1.165, 1.54) is 6.33 Å². The standard InChI is InChI=1S/C12H8BrN3O/c13-8-3-1-7(2-4-8)9-5-14-11-10(9)12(17)16-6-15-11/h1-6H,(H2,14,15,16,17). The number of aromatic nitrogens is 3. The van der Waals surface area contributed by atoms with E-state index in [4.69, 9.17) is 0 Å². The Morgan fingerprint density at radius 1 is 1.12 bits per heavy atom. The molecule has 0 unspecified atom stereocenters. The van der Waals surface area contributed by atoms with Crippen LogP contribution in [0, 0.1) is 0 Å². The molecule has 0 radical (unpaired) electrons. The first-order valence-corrected chi connectivity index (χ1v) is 5.86. The molecule has 0 amide bonds. The minimum absolute atomic E-state index is 0.130. The summed E-state index contributed by atoms with van der Waals surface area (Å²) < 4.78 is 1.01. The van der Waals surface area contributed by atoms with Crippen molar-refractivity contribution in [2.45, 2.75) is 0 Å². The summed E-state index contributed by atoms with van der Waals surface area (Å²) in [6.07, 6.45) is 3.20. The fourth-order valence-corrected chi connectivity index (χ4v) is 2.09. The van der Waals surface area contributed by atoms with Crippen LogP contribution >= 0.6 is 15.9 Å². The largest absolute Gasteiger partial charge is 0.345 e. The number of nitrogens with zero attached hydrogens (tertiary/aromatic N) is 1.